The maximum absolute atomic E-state index is 12.9. The second kappa shape index (κ2) is 56.5. The zero-order valence-electron chi connectivity index (χ0n) is 45.2. The lowest BCUT2D eigenvalue weighted by Crippen LogP contribution is -2.30. The quantitative estimate of drug-likeness (QED) is 0.0262. The van der Waals surface area contributed by atoms with E-state index < -0.39 is 6.10 Å². The Balaban J connectivity index is 4.26. The summed E-state index contributed by atoms with van der Waals surface area (Å²) in [7, 11) is 0. The molecule has 0 saturated carbocycles. The van der Waals surface area contributed by atoms with Crippen molar-refractivity contribution < 1.29 is 28.6 Å². The van der Waals surface area contributed by atoms with Crippen LogP contribution in [0.5, 0.6) is 0 Å². The van der Waals surface area contributed by atoms with Crippen LogP contribution in [0.25, 0.3) is 0 Å². The lowest BCUT2D eigenvalue weighted by Gasteiger charge is -2.18. The Bertz CT molecular complexity index is 1080. The highest BCUT2D eigenvalue weighted by Crippen LogP contribution is 2.17. The highest BCUT2D eigenvalue weighted by molar-refractivity contribution is 5.71. The molecule has 6 nitrogen and oxygen atoms in total. The van der Waals surface area contributed by atoms with E-state index in [-0.39, 0.29) is 31.1 Å². The number of unbranched alkanes of at least 4 members (excludes halogenated alkanes) is 40. The average Bonchev–Trinajstić information content (AvgIpc) is 3.33. The third-order valence-electron chi connectivity index (χ3n) is 13.5. The maximum Gasteiger partial charge on any atom is 0.306 e. The summed E-state index contributed by atoms with van der Waals surface area (Å²) in [5.41, 5.74) is 0. The lowest BCUT2D eigenvalue weighted by molar-refractivity contribution is -0.167. The molecule has 0 bridgehead atoms. The van der Waals surface area contributed by atoms with Gasteiger partial charge < -0.3 is 14.2 Å². The Kier molecular flexibility index (Phi) is 54.7. The van der Waals surface area contributed by atoms with Gasteiger partial charge in [0, 0.05) is 19.3 Å². The molecule has 0 saturated heterocycles. The Hall–Kier alpha value is -2.11. The van der Waals surface area contributed by atoms with Gasteiger partial charge in [-0.05, 0) is 51.4 Å². The molecule has 6 heteroatoms. The van der Waals surface area contributed by atoms with Gasteiger partial charge >= 0.3 is 17.9 Å². The maximum atomic E-state index is 12.9. The predicted molar refractivity (Wildman–Crippen MR) is 289 cm³/mol. The Morgan fingerprint density at radius 2 is 0.537 bits per heavy atom. The van der Waals surface area contributed by atoms with E-state index in [0.717, 1.165) is 70.6 Å². The van der Waals surface area contributed by atoms with Crippen LogP contribution in [0, 0.1) is 0 Å². The molecule has 0 heterocycles. The largest absolute Gasteiger partial charge is 0.462 e. The van der Waals surface area contributed by atoms with Gasteiger partial charge in [-0.3, -0.25) is 14.4 Å². The first-order chi connectivity index (χ1) is 33.0. The molecule has 0 aliphatic rings. The second-order valence-corrected chi connectivity index (χ2v) is 20.3. The molecule has 0 aromatic rings. The van der Waals surface area contributed by atoms with Crippen LogP contribution >= 0.6 is 0 Å². The number of esters is 3. The van der Waals surface area contributed by atoms with E-state index in [9.17, 15) is 14.4 Å². The number of carbonyl (C=O) groups excluding carboxylic acids is 3. The van der Waals surface area contributed by atoms with Crippen LogP contribution in [0.4, 0.5) is 0 Å². The van der Waals surface area contributed by atoms with E-state index in [1.165, 1.54) is 218 Å². The van der Waals surface area contributed by atoms with Crippen LogP contribution in [0.3, 0.4) is 0 Å². The molecule has 1 atom stereocenters. The monoisotopic (exact) mass is 943 g/mol. The summed E-state index contributed by atoms with van der Waals surface area (Å²) in [4.78, 5) is 38.1. The van der Waals surface area contributed by atoms with Crippen molar-refractivity contribution in [1.29, 1.82) is 0 Å². The first-order valence-corrected chi connectivity index (χ1v) is 29.8. The summed E-state index contributed by atoms with van der Waals surface area (Å²) in [6.45, 7) is 6.66. The van der Waals surface area contributed by atoms with Crippen molar-refractivity contribution in [2.24, 2.45) is 0 Å². The number of rotatable bonds is 55. The molecular formula is C61H114O6. The van der Waals surface area contributed by atoms with Crippen LogP contribution < -0.4 is 0 Å². The molecule has 0 unspecified atom stereocenters. The minimum atomic E-state index is -0.769. The molecule has 0 spiro atoms. The minimum Gasteiger partial charge on any atom is -0.462 e. The molecular weight excluding hydrogens is 829 g/mol. The lowest BCUT2D eigenvalue weighted by atomic mass is 10.0. The molecule has 0 aromatic heterocycles. The van der Waals surface area contributed by atoms with Gasteiger partial charge in [-0.15, -0.1) is 0 Å². The highest BCUT2D eigenvalue weighted by Gasteiger charge is 2.19. The van der Waals surface area contributed by atoms with E-state index >= 15 is 0 Å². The summed E-state index contributed by atoms with van der Waals surface area (Å²) in [6.07, 6.45) is 66.0. The highest BCUT2D eigenvalue weighted by atomic mass is 16.6. The van der Waals surface area contributed by atoms with Gasteiger partial charge in [-0.2, -0.15) is 0 Å². The molecule has 0 rings (SSSR count). The SMILES string of the molecule is CCCCC/C=C\C/C=C\CCCCCCCCCC(=O)OC[C@H](COC(=O)CCCCCCCCCCCCC)OC(=O)CCCCCCCCCCCCCCCCCCCCCCC. The summed E-state index contributed by atoms with van der Waals surface area (Å²) in [5, 5.41) is 0. The molecule has 0 fully saturated rings. The summed E-state index contributed by atoms with van der Waals surface area (Å²) >= 11 is 0. The molecule has 0 amide bonds. The normalized spacial score (nSPS) is 12.1. The summed E-state index contributed by atoms with van der Waals surface area (Å²) < 4.78 is 16.9. The molecule has 0 N–H and O–H groups in total. The fourth-order valence-corrected chi connectivity index (χ4v) is 8.95. The van der Waals surface area contributed by atoms with Gasteiger partial charge in [-0.25, -0.2) is 0 Å². The zero-order chi connectivity index (χ0) is 48.6. The summed E-state index contributed by atoms with van der Waals surface area (Å²) in [5.74, 6) is -0.855. The van der Waals surface area contributed by atoms with Gasteiger partial charge in [0.2, 0.25) is 0 Å². The number of allylic oxidation sites excluding steroid dienone is 4. The van der Waals surface area contributed by atoms with Crippen molar-refractivity contribution in [3.05, 3.63) is 24.3 Å². The standard InChI is InChI=1S/C61H114O6/c1-4-7-10-13-16-19-22-24-26-28-29-30-31-33-35-37-40-43-46-49-52-55-61(64)67-58(56-65-59(62)53-50-47-44-41-38-21-18-15-12-9-6-3)57-66-60(63)54-51-48-45-42-39-36-34-32-27-25-23-20-17-14-11-8-5-2/h17,20,25,27,58H,4-16,18-19,21-24,26,28-57H2,1-3H3/b20-17-,27-25-/t58-/m0/s1. The molecule has 0 aliphatic heterocycles. The molecule has 394 valence electrons. The van der Waals surface area contributed by atoms with Gasteiger partial charge in [-0.1, -0.05) is 283 Å². The number of carbonyl (C=O) groups is 3. The Morgan fingerprint density at radius 3 is 0.851 bits per heavy atom. The summed E-state index contributed by atoms with van der Waals surface area (Å²) in [6, 6.07) is 0. The first-order valence-electron chi connectivity index (χ1n) is 29.8. The topological polar surface area (TPSA) is 78.9 Å². The number of ether oxygens (including phenoxy) is 3. The average molecular weight is 944 g/mol. The van der Waals surface area contributed by atoms with Crippen molar-refractivity contribution in [2.75, 3.05) is 13.2 Å². The van der Waals surface area contributed by atoms with Gasteiger partial charge in [0.15, 0.2) is 6.10 Å². The first kappa shape index (κ1) is 64.9. The van der Waals surface area contributed by atoms with Crippen molar-refractivity contribution >= 4 is 17.9 Å². The third kappa shape index (κ3) is 54.7. The Labute approximate surface area is 417 Å². The van der Waals surface area contributed by atoms with Gasteiger partial charge in [0.25, 0.3) is 0 Å². The predicted octanol–water partition coefficient (Wildman–Crippen LogP) is 19.9. The molecule has 67 heavy (non-hydrogen) atoms. The molecule has 0 radical (unpaired) electrons. The van der Waals surface area contributed by atoms with Gasteiger partial charge in [0.1, 0.15) is 13.2 Å². The van der Waals surface area contributed by atoms with Crippen molar-refractivity contribution in [3.8, 4) is 0 Å². The fraction of sp³-hybridized carbons (Fsp3) is 0.885. The fourth-order valence-electron chi connectivity index (χ4n) is 8.95. The van der Waals surface area contributed by atoms with Crippen LogP contribution in [-0.4, -0.2) is 37.2 Å². The minimum absolute atomic E-state index is 0.0683. The van der Waals surface area contributed by atoms with E-state index in [2.05, 4.69) is 45.1 Å². The Morgan fingerprint density at radius 1 is 0.299 bits per heavy atom. The second-order valence-electron chi connectivity index (χ2n) is 20.3. The van der Waals surface area contributed by atoms with Crippen LogP contribution in [0.15, 0.2) is 24.3 Å². The van der Waals surface area contributed by atoms with E-state index in [1.807, 2.05) is 0 Å². The van der Waals surface area contributed by atoms with Crippen LogP contribution in [0.1, 0.15) is 329 Å². The van der Waals surface area contributed by atoms with Crippen molar-refractivity contribution in [1.82, 2.24) is 0 Å². The smallest absolute Gasteiger partial charge is 0.306 e. The van der Waals surface area contributed by atoms with Crippen molar-refractivity contribution in [2.45, 2.75) is 335 Å². The zero-order valence-corrected chi connectivity index (χ0v) is 45.2. The van der Waals surface area contributed by atoms with E-state index in [4.69, 9.17) is 14.2 Å². The van der Waals surface area contributed by atoms with E-state index in [0.29, 0.717) is 19.3 Å². The van der Waals surface area contributed by atoms with Gasteiger partial charge in [0.05, 0.1) is 0 Å². The van der Waals surface area contributed by atoms with Crippen LogP contribution in [-0.2, 0) is 28.6 Å². The number of hydrogen-bond acceptors (Lipinski definition) is 6. The molecule has 0 aliphatic carbocycles. The van der Waals surface area contributed by atoms with E-state index in [1.54, 1.807) is 0 Å². The van der Waals surface area contributed by atoms with Crippen LogP contribution in [0.2, 0.25) is 0 Å². The van der Waals surface area contributed by atoms with Crippen molar-refractivity contribution in [3.63, 3.8) is 0 Å². The molecule has 0 aromatic carbocycles. The third-order valence-corrected chi connectivity index (χ3v) is 13.5. The number of hydrogen-bond donors (Lipinski definition) is 0.